The number of ether oxygens (including phenoxy) is 1. The quantitative estimate of drug-likeness (QED) is 0.842. The van der Waals surface area contributed by atoms with Crippen LogP contribution in [0.15, 0.2) is 47.4 Å². The van der Waals surface area contributed by atoms with Crippen molar-refractivity contribution in [3.8, 4) is 11.5 Å². The lowest BCUT2D eigenvalue weighted by atomic mass is 10.1. The van der Waals surface area contributed by atoms with Gasteiger partial charge in [0.15, 0.2) is 11.5 Å². The Kier molecular flexibility index (Phi) is 4.76. The minimum Gasteiger partial charge on any atom is -0.504 e. The van der Waals surface area contributed by atoms with Gasteiger partial charge in [0.2, 0.25) is 0 Å². The third-order valence-electron chi connectivity index (χ3n) is 3.66. The number of carbonyl (C=O) groups excluding carboxylic acids is 2. The molecule has 1 fully saturated rings. The summed E-state index contributed by atoms with van der Waals surface area (Å²) in [6, 6.07) is 10.5. The number of imide groups is 1. The van der Waals surface area contributed by atoms with Gasteiger partial charge in [0.05, 0.1) is 18.6 Å². The lowest BCUT2D eigenvalue weighted by Crippen LogP contribution is -2.27. The zero-order valence-corrected chi connectivity index (χ0v) is 14.0. The highest BCUT2D eigenvalue weighted by Gasteiger charge is 2.35. The molecule has 3 rings (SSSR count). The molecule has 0 spiro atoms. The number of thioether (sulfide) groups is 1. The van der Waals surface area contributed by atoms with Crippen LogP contribution in [0.1, 0.15) is 11.1 Å². The molecule has 0 radical (unpaired) electrons. The van der Waals surface area contributed by atoms with Gasteiger partial charge in [-0.25, -0.2) is 4.39 Å². The molecule has 1 aliphatic heterocycles. The maximum Gasteiger partial charge on any atom is 0.293 e. The molecule has 0 saturated carbocycles. The first-order chi connectivity index (χ1) is 12.0. The number of amides is 2. The number of para-hydroxylation sites is 1. The third kappa shape index (κ3) is 3.51. The lowest BCUT2D eigenvalue weighted by molar-refractivity contribution is -0.123. The summed E-state index contributed by atoms with van der Waals surface area (Å²) >= 11 is 0.794. The average Bonchev–Trinajstić information content (AvgIpc) is 2.86. The average molecular weight is 359 g/mol. The van der Waals surface area contributed by atoms with Gasteiger partial charge in [-0.2, -0.15) is 0 Å². The zero-order valence-electron chi connectivity index (χ0n) is 13.2. The standard InChI is InChI=1S/C18H14FNO4S/c1-24-14-4-2-3-12(16(14)21)9-15-17(22)20(18(23)25-15)10-11-5-7-13(19)8-6-11/h2-9,21H,10H2,1H3/b15-9+. The van der Waals surface area contributed by atoms with Gasteiger partial charge in [-0.15, -0.1) is 0 Å². The number of rotatable bonds is 4. The molecule has 1 saturated heterocycles. The summed E-state index contributed by atoms with van der Waals surface area (Å²) in [6.45, 7) is 0.0619. The number of methoxy groups -OCH3 is 1. The summed E-state index contributed by atoms with van der Waals surface area (Å²) in [5.41, 5.74) is 1.03. The smallest absolute Gasteiger partial charge is 0.293 e. The number of hydrogen-bond donors (Lipinski definition) is 1. The molecule has 0 bridgehead atoms. The van der Waals surface area contributed by atoms with Crippen LogP contribution in [0, 0.1) is 5.82 Å². The number of phenols is 1. The fourth-order valence-electron chi connectivity index (χ4n) is 2.37. The van der Waals surface area contributed by atoms with E-state index in [2.05, 4.69) is 0 Å². The van der Waals surface area contributed by atoms with Gasteiger partial charge in [0.25, 0.3) is 11.1 Å². The summed E-state index contributed by atoms with van der Waals surface area (Å²) < 4.78 is 18.0. The summed E-state index contributed by atoms with van der Waals surface area (Å²) in [5, 5.41) is 9.69. The van der Waals surface area contributed by atoms with Gasteiger partial charge >= 0.3 is 0 Å². The topological polar surface area (TPSA) is 66.8 Å². The maximum absolute atomic E-state index is 13.0. The van der Waals surface area contributed by atoms with E-state index in [1.54, 1.807) is 18.2 Å². The normalized spacial score (nSPS) is 15.9. The van der Waals surface area contributed by atoms with E-state index < -0.39 is 11.1 Å². The van der Waals surface area contributed by atoms with Gasteiger partial charge in [-0.1, -0.05) is 24.3 Å². The Morgan fingerprint density at radius 1 is 1.20 bits per heavy atom. The largest absolute Gasteiger partial charge is 0.504 e. The van der Waals surface area contributed by atoms with Crippen LogP contribution in [0.4, 0.5) is 9.18 Å². The first-order valence-electron chi connectivity index (χ1n) is 7.35. The van der Waals surface area contributed by atoms with E-state index in [-0.39, 0.29) is 28.8 Å². The Labute approximate surface area is 147 Å². The van der Waals surface area contributed by atoms with Crippen LogP contribution in [-0.2, 0) is 11.3 Å². The monoisotopic (exact) mass is 359 g/mol. The molecule has 0 aromatic heterocycles. The molecule has 2 aromatic carbocycles. The van der Waals surface area contributed by atoms with Crippen molar-refractivity contribution in [2.75, 3.05) is 7.11 Å². The second-order valence-electron chi connectivity index (χ2n) is 5.29. The molecule has 1 aliphatic rings. The van der Waals surface area contributed by atoms with Crippen molar-refractivity contribution in [3.63, 3.8) is 0 Å². The fraction of sp³-hybridized carbons (Fsp3) is 0.111. The Morgan fingerprint density at radius 2 is 1.92 bits per heavy atom. The number of aromatic hydroxyl groups is 1. The van der Waals surface area contributed by atoms with Crippen molar-refractivity contribution in [2.24, 2.45) is 0 Å². The van der Waals surface area contributed by atoms with Crippen molar-refractivity contribution in [3.05, 3.63) is 64.3 Å². The van der Waals surface area contributed by atoms with Gasteiger partial charge in [0.1, 0.15) is 5.82 Å². The van der Waals surface area contributed by atoms with Crippen molar-refractivity contribution in [1.29, 1.82) is 0 Å². The first kappa shape index (κ1) is 17.0. The van der Waals surface area contributed by atoms with E-state index in [9.17, 15) is 19.1 Å². The molecule has 128 valence electrons. The van der Waals surface area contributed by atoms with Crippen LogP contribution in [0.5, 0.6) is 11.5 Å². The minimum atomic E-state index is -0.457. The molecule has 0 aliphatic carbocycles. The van der Waals surface area contributed by atoms with Crippen LogP contribution >= 0.6 is 11.8 Å². The Hall–Kier alpha value is -2.80. The number of nitrogens with zero attached hydrogens (tertiary/aromatic N) is 1. The minimum absolute atomic E-state index is 0.0619. The van der Waals surface area contributed by atoms with Crippen LogP contribution in [-0.4, -0.2) is 28.3 Å². The van der Waals surface area contributed by atoms with Gasteiger partial charge in [-0.05, 0) is 41.6 Å². The maximum atomic E-state index is 13.0. The van der Waals surface area contributed by atoms with E-state index in [0.29, 0.717) is 11.1 Å². The molecule has 0 unspecified atom stereocenters. The number of carbonyl (C=O) groups is 2. The van der Waals surface area contributed by atoms with E-state index in [1.807, 2.05) is 0 Å². The lowest BCUT2D eigenvalue weighted by Gasteiger charge is -2.12. The van der Waals surface area contributed by atoms with Crippen molar-refractivity contribution in [1.82, 2.24) is 4.90 Å². The summed E-state index contributed by atoms with van der Waals surface area (Å²) in [7, 11) is 1.43. The van der Waals surface area contributed by atoms with Gasteiger partial charge in [-0.3, -0.25) is 14.5 Å². The predicted octanol–water partition coefficient (Wildman–Crippen LogP) is 3.78. The third-order valence-corrected chi connectivity index (χ3v) is 4.57. The van der Waals surface area contributed by atoms with E-state index in [4.69, 9.17) is 4.74 Å². The molecule has 2 aromatic rings. The summed E-state index contributed by atoms with van der Waals surface area (Å²) in [6.07, 6.45) is 1.45. The number of hydrogen-bond acceptors (Lipinski definition) is 5. The predicted molar refractivity (Wildman–Crippen MR) is 92.6 cm³/mol. The molecule has 0 atom stereocenters. The second kappa shape index (κ2) is 6.98. The molecule has 1 N–H and O–H groups in total. The van der Waals surface area contributed by atoms with Crippen LogP contribution in [0.2, 0.25) is 0 Å². The van der Waals surface area contributed by atoms with E-state index in [1.165, 1.54) is 37.5 Å². The van der Waals surface area contributed by atoms with Gasteiger partial charge < -0.3 is 9.84 Å². The zero-order chi connectivity index (χ0) is 18.0. The Balaban J connectivity index is 1.84. The van der Waals surface area contributed by atoms with E-state index >= 15 is 0 Å². The molecule has 5 nitrogen and oxygen atoms in total. The number of halogens is 1. The molecular weight excluding hydrogens is 345 g/mol. The SMILES string of the molecule is COc1cccc(/C=C2/SC(=O)N(Cc3ccc(F)cc3)C2=O)c1O. The number of benzene rings is 2. The first-order valence-corrected chi connectivity index (χ1v) is 8.17. The molecule has 1 heterocycles. The highest BCUT2D eigenvalue weighted by molar-refractivity contribution is 8.18. The van der Waals surface area contributed by atoms with Crippen molar-refractivity contribution < 1.29 is 23.8 Å². The van der Waals surface area contributed by atoms with Crippen LogP contribution in [0.25, 0.3) is 6.08 Å². The fourth-order valence-corrected chi connectivity index (χ4v) is 3.20. The van der Waals surface area contributed by atoms with E-state index in [0.717, 1.165) is 16.7 Å². The second-order valence-corrected chi connectivity index (χ2v) is 6.29. The summed E-state index contributed by atoms with van der Waals surface area (Å²) in [4.78, 5) is 25.9. The van der Waals surface area contributed by atoms with Gasteiger partial charge in [0, 0.05) is 5.56 Å². The van der Waals surface area contributed by atoms with Crippen molar-refractivity contribution in [2.45, 2.75) is 6.54 Å². The molecule has 2 amide bonds. The van der Waals surface area contributed by atoms with Crippen molar-refractivity contribution >= 4 is 29.0 Å². The summed E-state index contributed by atoms with van der Waals surface area (Å²) in [5.74, 6) is -0.664. The highest BCUT2D eigenvalue weighted by atomic mass is 32.2. The number of phenolic OH excluding ortho intramolecular Hbond substituents is 1. The Morgan fingerprint density at radius 3 is 2.60 bits per heavy atom. The molecular formula is C18H14FNO4S. The molecule has 25 heavy (non-hydrogen) atoms. The van der Waals surface area contributed by atoms with Crippen LogP contribution in [0.3, 0.4) is 0 Å². The molecule has 7 heteroatoms. The van der Waals surface area contributed by atoms with Crippen LogP contribution < -0.4 is 4.74 Å². The Bertz CT molecular complexity index is 864. The highest BCUT2D eigenvalue weighted by Crippen LogP contribution is 2.37.